The summed E-state index contributed by atoms with van der Waals surface area (Å²) in [6, 6.07) is 22.2. The predicted octanol–water partition coefficient (Wildman–Crippen LogP) is 5.62. The van der Waals surface area contributed by atoms with Crippen LogP contribution in [0.1, 0.15) is 5.56 Å². The van der Waals surface area contributed by atoms with Crippen LogP contribution in [0.5, 0.6) is 5.75 Å². The molecule has 3 rings (SSSR count). The number of carbonyl (C=O) groups excluding carboxylic acids is 1. The van der Waals surface area contributed by atoms with Crippen LogP contribution in [0.15, 0.2) is 72.8 Å². The predicted molar refractivity (Wildman–Crippen MR) is 111 cm³/mol. The van der Waals surface area contributed by atoms with Crippen LogP contribution in [-0.4, -0.2) is 12.5 Å². The molecule has 1 amide bonds. The van der Waals surface area contributed by atoms with Crippen LogP contribution in [0.2, 0.25) is 10.0 Å². The average molecular weight is 401 g/mol. The van der Waals surface area contributed by atoms with Crippen LogP contribution < -0.4 is 15.4 Å². The molecule has 0 aliphatic rings. The SMILES string of the molecule is O=C(CNc1ccc(Cl)cc1Cl)Nc1ccc(OCc2ccccc2)cc1. The maximum Gasteiger partial charge on any atom is 0.243 e. The van der Waals surface area contributed by atoms with E-state index in [4.69, 9.17) is 27.9 Å². The van der Waals surface area contributed by atoms with Gasteiger partial charge in [0, 0.05) is 10.7 Å². The van der Waals surface area contributed by atoms with Gasteiger partial charge >= 0.3 is 0 Å². The molecule has 0 aromatic heterocycles. The average Bonchev–Trinajstić information content (AvgIpc) is 2.67. The van der Waals surface area contributed by atoms with Crippen LogP contribution in [-0.2, 0) is 11.4 Å². The normalized spacial score (nSPS) is 10.3. The van der Waals surface area contributed by atoms with E-state index in [0.717, 1.165) is 11.3 Å². The summed E-state index contributed by atoms with van der Waals surface area (Å²) < 4.78 is 5.73. The fourth-order valence-electron chi connectivity index (χ4n) is 2.39. The fraction of sp³-hybridized carbons (Fsp3) is 0.0952. The molecule has 0 unspecified atom stereocenters. The molecule has 0 saturated heterocycles. The highest BCUT2D eigenvalue weighted by Crippen LogP contribution is 2.25. The second-order valence-corrected chi connectivity index (χ2v) is 6.67. The Morgan fingerprint density at radius 2 is 1.67 bits per heavy atom. The minimum Gasteiger partial charge on any atom is -0.489 e. The largest absolute Gasteiger partial charge is 0.489 e. The Balaban J connectivity index is 1.48. The minimum absolute atomic E-state index is 0.0909. The van der Waals surface area contributed by atoms with Gasteiger partial charge in [-0.05, 0) is 48.0 Å². The van der Waals surface area contributed by atoms with E-state index in [1.54, 1.807) is 30.3 Å². The van der Waals surface area contributed by atoms with Gasteiger partial charge in [-0.3, -0.25) is 4.79 Å². The molecule has 0 atom stereocenters. The lowest BCUT2D eigenvalue weighted by Crippen LogP contribution is -2.21. The zero-order valence-electron chi connectivity index (χ0n) is 14.4. The summed E-state index contributed by atoms with van der Waals surface area (Å²) in [5.74, 6) is 0.557. The minimum atomic E-state index is -0.182. The van der Waals surface area contributed by atoms with Crippen molar-refractivity contribution in [2.75, 3.05) is 17.2 Å². The summed E-state index contributed by atoms with van der Waals surface area (Å²) in [5, 5.41) is 6.81. The van der Waals surface area contributed by atoms with E-state index in [2.05, 4.69) is 10.6 Å². The monoisotopic (exact) mass is 400 g/mol. The summed E-state index contributed by atoms with van der Waals surface area (Å²) in [7, 11) is 0. The van der Waals surface area contributed by atoms with Gasteiger partial charge in [-0.15, -0.1) is 0 Å². The Kier molecular flexibility index (Phi) is 6.58. The number of hydrogen-bond donors (Lipinski definition) is 2. The highest BCUT2D eigenvalue weighted by Gasteiger charge is 2.06. The quantitative estimate of drug-likeness (QED) is 0.540. The number of rotatable bonds is 7. The molecule has 0 spiro atoms. The lowest BCUT2D eigenvalue weighted by Gasteiger charge is -2.10. The van der Waals surface area contributed by atoms with Gasteiger partial charge in [0.2, 0.25) is 5.91 Å². The zero-order valence-corrected chi connectivity index (χ0v) is 15.9. The summed E-state index contributed by atoms with van der Waals surface area (Å²) in [6.45, 7) is 0.589. The van der Waals surface area contributed by atoms with Gasteiger partial charge in [-0.25, -0.2) is 0 Å². The molecule has 2 N–H and O–H groups in total. The number of hydrogen-bond acceptors (Lipinski definition) is 3. The van der Waals surface area contributed by atoms with E-state index in [-0.39, 0.29) is 12.5 Å². The lowest BCUT2D eigenvalue weighted by molar-refractivity contribution is -0.114. The van der Waals surface area contributed by atoms with E-state index < -0.39 is 0 Å². The second kappa shape index (κ2) is 9.31. The molecule has 0 aliphatic carbocycles. The van der Waals surface area contributed by atoms with Gasteiger partial charge < -0.3 is 15.4 Å². The number of benzene rings is 3. The molecule has 0 bridgehead atoms. The molecule has 0 fully saturated rings. The topological polar surface area (TPSA) is 50.4 Å². The number of nitrogens with one attached hydrogen (secondary N) is 2. The highest BCUT2D eigenvalue weighted by atomic mass is 35.5. The van der Waals surface area contributed by atoms with Crippen molar-refractivity contribution in [2.45, 2.75) is 6.61 Å². The first-order valence-corrected chi connectivity index (χ1v) is 9.11. The maximum atomic E-state index is 12.1. The molecule has 0 saturated carbocycles. The molecule has 3 aromatic rings. The van der Waals surface area contributed by atoms with Crippen molar-refractivity contribution in [1.82, 2.24) is 0 Å². The van der Waals surface area contributed by atoms with E-state index in [0.29, 0.717) is 28.0 Å². The maximum absolute atomic E-state index is 12.1. The molecule has 27 heavy (non-hydrogen) atoms. The Bertz CT molecular complexity index is 900. The highest BCUT2D eigenvalue weighted by molar-refractivity contribution is 6.36. The molecular formula is C21H18Cl2N2O2. The summed E-state index contributed by atoms with van der Waals surface area (Å²) >= 11 is 11.9. The van der Waals surface area contributed by atoms with Crippen molar-refractivity contribution in [3.8, 4) is 5.75 Å². The summed E-state index contributed by atoms with van der Waals surface area (Å²) in [5.41, 5.74) is 2.44. The number of amides is 1. The van der Waals surface area contributed by atoms with E-state index in [1.807, 2.05) is 42.5 Å². The zero-order chi connectivity index (χ0) is 19.1. The van der Waals surface area contributed by atoms with E-state index in [1.165, 1.54) is 0 Å². The summed E-state index contributed by atoms with van der Waals surface area (Å²) in [4.78, 5) is 12.1. The van der Waals surface area contributed by atoms with Gasteiger partial charge in [-0.1, -0.05) is 53.5 Å². The molecular weight excluding hydrogens is 383 g/mol. The molecule has 0 aliphatic heterocycles. The van der Waals surface area contributed by atoms with Crippen LogP contribution in [0.3, 0.4) is 0 Å². The lowest BCUT2D eigenvalue weighted by atomic mass is 10.2. The third-order valence-electron chi connectivity index (χ3n) is 3.76. The van der Waals surface area contributed by atoms with Crippen molar-refractivity contribution >= 4 is 40.5 Å². The third-order valence-corrected chi connectivity index (χ3v) is 4.30. The standard InChI is InChI=1S/C21H18Cl2N2O2/c22-16-6-11-20(19(23)12-16)24-13-21(26)25-17-7-9-18(10-8-17)27-14-15-4-2-1-3-5-15/h1-12,24H,13-14H2,(H,25,26). The number of anilines is 2. The first-order valence-electron chi connectivity index (χ1n) is 8.36. The first-order chi connectivity index (χ1) is 13.1. The van der Waals surface area contributed by atoms with Crippen LogP contribution >= 0.6 is 23.2 Å². The van der Waals surface area contributed by atoms with Gasteiger partial charge in [0.25, 0.3) is 0 Å². The molecule has 138 valence electrons. The van der Waals surface area contributed by atoms with Gasteiger partial charge in [0.05, 0.1) is 17.3 Å². The van der Waals surface area contributed by atoms with E-state index in [9.17, 15) is 4.79 Å². The smallest absolute Gasteiger partial charge is 0.243 e. The molecule has 4 nitrogen and oxygen atoms in total. The van der Waals surface area contributed by atoms with Gasteiger partial charge in [0.1, 0.15) is 12.4 Å². The van der Waals surface area contributed by atoms with Crippen molar-refractivity contribution in [1.29, 1.82) is 0 Å². The van der Waals surface area contributed by atoms with Crippen LogP contribution in [0.25, 0.3) is 0 Å². The third kappa shape index (κ3) is 5.91. The van der Waals surface area contributed by atoms with Crippen molar-refractivity contribution in [3.05, 3.63) is 88.4 Å². The fourth-order valence-corrected chi connectivity index (χ4v) is 2.86. The molecule has 3 aromatic carbocycles. The Hall–Kier alpha value is -2.69. The molecule has 0 heterocycles. The Labute approximate surface area is 168 Å². The van der Waals surface area contributed by atoms with Crippen LogP contribution in [0, 0.1) is 0 Å². The van der Waals surface area contributed by atoms with Crippen molar-refractivity contribution in [2.24, 2.45) is 0 Å². The van der Waals surface area contributed by atoms with Crippen molar-refractivity contribution in [3.63, 3.8) is 0 Å². The van der Waals surface area contributed by atoms with Gasteiger partial charge in [0.15, 0.2) is 0 Å². The summed E-state index contributed by atoms with van der Waals surface area (Å²) in [6.07, 6.45) is 0. The molecule has 0 radical (unpaired) electrons. The Morgan fingerprint density at radius 1 is 0.926 bits per heavy atom. The number of halogens is 2. The van der Waals surface area contributed by atoms with Crippen molar-refractivity contribution < 1.29 is 9.53 Å². The number of ether oxygens (including phenoxy) is 1. The van der Waals surface area contributed by atoms with Crippen LogP contribution in [0.4, 0.5) is 11.4 Å². The first kappa shape index (κ1) is 19.1. The second-order valence-electron chi connectivity index (χ2n) is 5.82. The Morgan fingerprint density at radius 3 is 2.37 bits per heavy atom. The van der Waals surface area contributed by atoms with E-state index >= 15 is 0 Å². The molecule has 6 heteroatoms. The van der Waals surface area contributed by atoms with Gasteiger partial charge in [-0.2, -0.15) is 0 Å². The number of carbonyl (C=O) groups is 1.